The van der Waals surface area contributed by atoms with Crippen LogP contribution < -0.4 is 21.2 Å². The summed E-state index contributed by atoms with van der Waals surface area (Å²) in [5, 5.41) is 10.6. The van der Waals surface area contributed by atoms with Gasteiger partial charge in [-0.05, 0) is 29.2 Å². The maximum Gasteiger partial charge on any atom is 0.252 e. The molecule has 1 aromatic heterocycles. The number of hydrogen-bond donors (Lipinski definition) is 2. The highest BCUT2D eigenvalue weighted by Crippen LogP contribution is 2.37. The third-order valence-electron chi connectivity index (χ3n) is 7.47. The van der Waals surface area contributed by atoms with E-state index in [1.54, 1.807) is 0 Å². The minimum Gasteiger partial charge on any atom is -0.379 e. The fourth-order valence-electron chi connectivity index (χ4n) is 6.01. The Bertz CT molecular complexity index is 1390. The van der Waals surface area contributed by atoms with Gasteiger partial charge in [0.15, 0.2) is 0 Å². The molecule has 1 saturated heterocycles. The van der Waals surface area contributed by atoms with Gasteiger partial charge in [-0.2, -0.15) is 0 Å². The summed E-state index contributed by atoms with van der Waals surface area (Å²) in [7, 11) is 0. The maximum atomic E-state index is 13.0. The van der Waals surface area contributed by atoms with Gasteiger partial charge in [0.25, 0.3) is 5.91 Å². The molecule has 1 atom stereocenters. The van der Waals surface area contributed by atoms with Gasteiger partial charge < -0.3 is 19.9 Å². The van der Waals surface area contributed by atoms with Crippen LogP contribution in [0.4, 0.5) is 5.69 Å². The van der Waals surface area contributed by atoms with Crippen LogP contribution in [0.2, 0.25) is 0 Å². The quantitative estimate of drug-likeness (QED) is 0.774. The number of hydrogen-bond acceptors (Lipinski definition) is 4. The lowest BCUT2D eigenvalue weighted by atomic mass is 9.94. The van der Waals surface area contributed by atoms with E-state index < -0.39 is 0 Å². The Morgan fingerprint density at radius 2 is 2.00 bits per heavy atom. The van der Waals surface area contributed by atoms with Gasteiger partial charge in [0.05, 0.1) is 36.0 Å². The number of amides is 1. The van der Waals surface area contributed by atoms with E-state index in [2.05, 4.69) is 62.6 Å². The number of carbonyl (C=O) groups is 1. The number of carbonyl (C=O) groups excluding carboxylic acids is 1. The van der Waals surface area contributed by atoms with Crippen molar-refractivity contribution in [3.8, 4) is 0 Å². The van der Waals surface area contributed by atoms with Crippen LogP contribution in [0.5, 0.6) is 0 Å². The van der Waals surface area contributed by atoms with Crippen LogP contribution in [-0.4, -0.2) is 54.3 Å². The number of aromatic nitrogens is 1. The molecule has 1 aromatic carbocycles. The van der Waals surface area contributed by atoms with Gasteiger partial charge in [0.2, 0.25) is 0 Å². The molecule has 0 radical (unpaired) electrons. The summed E-state index contributed by atoms with van der Waals surface area (Å²) < 4.78 is 8.05. The van der Waals surface area contributed by atoms with Gasteiger partial charge in [0, 0.05) is 48.7 Å². The molecule has 0 bridgehead atoms. The Morgan fingerprint density at radius 3 is 2.91 bits per heavy atom. The van der Waals surface area contributed by atoms with Gasteiger partial charge >= 0.3 is 0 Å². The van der Waals surface area contributed by atoms with Gasteiger partial charge in [-0.15, -0.1) is 0 Å². The van der Waals surface area contributed by atoms with Gasteiger partial charge in [-0.3, -0.25) is 9.69 Å². The first-order valence-electron chi connectivity index (χ1n) is 11.6. The molecule has 32 heavy (non-hydrogen) atoms. The second kappa shape index (κ2) is 6.95. The number of nitrogens with zero attached hydrogens (tertiary/aromatic N) is 2. The molecular weight excluding hydrogens is 400 g/mol. The Morgan fingerprint density at radius 1 is 1.09 bits per heavy atom. The van der Waals surface area contributed by atoms with Crippen molar-refractivity contribution in [1.29, 1.82) is 0 Å². The summed E-state index contributed by atoms with van der Waals surface area (Å²) >= 11 is 0. The second-order valence-electron chi connectivity index (χ2n) is 9.10. The molecule has 6 nitrogen and oxygen atoms in total. The standard InChI is InChI=1S/C26H26N4O2/c31-26-23-18(15-27-26)21-17-6-2-4-8-20(17)30(10-9-29-11-13-32-14-12-29)25(21)24-22(23)16-5-1-3-7-19(16)28-24/h1-5,7-8,19,28H,6,9-15H2,(H,27,31). The van der Waals surface area contributed by atoms with E-state index in [-0.39, 0.29) is 11.9 Å². The van der Waals surface area contributed by atoms with E-state index in [1.807, 2.05) is 0 Å². The molecule has 0 spiro atoms. The van der Waals surface area contributed by atoms with Crippen LogP contribution in [0.25, 0.3) is 22.6 Å². The van der Waals surface area contributed by atoms with Crippen molar-refractivity contribution in [2.75, 3.05) is 38.2 Å². The van der Waals surface area contributed by atoms with E-state index in [0.717, 1.165) is 62.3 Å². The van der Waals surface area contributed by atoms with Gasteiger partial charge in [-0.1, -0.05) is 36.5 Å². The van der Waals surface area contributed by atoms with E-state index in [1.165, 1.54) is 33.0 Å². The summed E-state index contributed by atoms with van der Waals surface area (Å²) in [5.41, 5.74) is 6.99. The molecule has 5 aliphatic rings. The first-order chi connectivity index (χ1) is 15.8. The number of nitrogens with one attached hydrogen (secondary N) is 2. The highest BCUT2D eigenvalue weighted by molar-refractivity contribution is 6.11. The summed E-state index contributed by atoms with van der Waals surface area (Å²) in [4.78, 5) is 15.5. The normalized spacial score (nSPS) is 22.9. The molecule has 2 aliphatic carbocycles. The van der Waals surface area contributed by atoms with E-state index in [0.29, 0.717) is 6.54 Å². The zero-order chi connectivity index (χ0) is 21.2. The predicted molar refractivity (Wildman–Crippen MR) is 126 cm³/mol. The van der Waals surface area contributed by atoms with Crippen molar-refractivity contribution in [2.45, 2.75) is 25.6 Å². The van der Waals surface area contributed by atoms with Crippen LogP contribution in [0.15, 0.2) is 36.5 Å². The van der Waals surface area contributed by atoms with E-state index in [9.17, 15) is 4.79 Å². The van der Waals surface area contributed by atoms with Crippen LogP contribution in [-0.2, 0) is 24.2 Å². The number of ether oxygens (including phenoxy) is 1. The number of rotatable bonds is 3. The van der Waals surface area contributed by atoms with Crippen LogP contribution in [0.1, 0.15) is 21.5 Å². The molecule has 2 aromatic rings. The number of benzene rings is 1. The predicted octanol–water partition coefficient (Wildman–Crippen LogP) is 1.18. The van der Waals surface area contributed by atoms with E-state index >= 15 is 0 Å². The lowest BCUT2D eigenvalue weighted by molar-refractivity contribution is 0.0364. The molecule has 2 N–H and O–H groups in total. The maximum absolute atomic E-state index is 13.0. The lowest BCUT2D eigenvalue weighted by Crippen LogP contribution is -2.39. The fraction of sp³-hybridized carbons (Fsp3) is 0.346. The zero-order valence-corrected chi connectivity index (χ0v) is 18.0. The SMILES string of the molecule is O=C1NCc2c1c1c(c3c2c2c(n3CCN3CCOCC3)=CC=CC2)NC2C=CC=CC=12. The Labute approximate surface area is 186 Å². The van der Waals surface area contributed by atoms with Gasteiger partial charge in [-0.25, -0.2) is 0 Å². The van der Waals surface area contributed by atoms with Crippen molar-refractivity contribution in [3.63, 3.8) is 0 Å². The highest BCUT2D eigenvalue weighted by Gasteiger charge is 2.35. The number of fused-ring (bicyclic) bond motifs is 9. The highest BCUT2D eigenvalue weighted by atomic mass is 16.5. The van der Waals surface area contributed by atoms with Crippen molar-refractivity contribution >= 4 is 34.1 Å². The first-order valence-corrected chi connectivity index (χ1v) is 11.6. The van der Waals surface area contributed by atoms with Crippen molar-refractivity contribution in [3.05, 3.63) is 63.7 Å². The molecule has 0 saturated carbocycles. The molecule has 7 rings (SSSR count). The average Bonchev–Trinajstić information content (AvgIpc) is 3.50. The molecular formula is C26H26N4O2. The molecule has 1 amide bonds. The fourth-order valence-corrected chi connectivity index (χ4v) is 6.01. The largest absolute Gasteiger partial charge is 0.379 e. The lowest BCUT2D eigenvalue weighted by Gasteiger charge is -2.27. The summed E-state index contributed by atoms with van der Waals surface area (Å²) in [6.07, 6.45) is 16.1. The van der Waals surface area contributed by atoms with Crippen molar-refractivity contribution in [2.24, 2.45) is 0 Å². The Kier molecular flexibility index (Phi) is 4.02. The molecule has 1 fully saturated rings. The summed E-state index contributed by atoms with van der Waals surface area (Å²) in [6, 6.07) is 0.125. The number of anilines is 1. The Hall–Kier alpha value is -3.09. The molecule has 4 heterocycles. The van der Waals surface area contributed by atoms with E-state index in [4.69, 9.17) is 4.74 Å². The third kappa shape index (κ3) is 2.51. The number of allylic oxidation sites excluding steroid dienone is 4. The monoisotopic (exact) mass is 426 g/mol. The van der Waals surface area contributed by atoms with Crippen LogP contribution in [0, 0.1) is 0 Å². The minimum absolute atomic E-state index is 0.0567. The minimum atomic E-state index is 0.0567. The Balaban J connectivity index is 1.51. The zero-order valence-electron chi connectivity index (χ0n) is 18.0. The van der Waals surface area contributed by atoms with Crippen molar-refractivity contribution < 1.29 is 9.53 Å². The summed E-state index contributed by atoms with van der Waals surface area (Å²) in [5.74, 6) is 0.0567. The third-order valence-corrected chi connectivity index (χ3v) is 7.47. The second-order valence-corrected chi connectivity index (χ2v) is 9.10. The molecule has 162 valence electrons. The number of morpholine rings is 1. The van der Waals surface area contributed by atoms with Gasteiger partial charge in [0.1, 0.15) is 0 Å². The topological polar surface area (TPSA) is 58.5 Å². The molecule has 1 unspecified atom stereocenters. The first kappa shape index (κ1) is 18.5. The molecule has 3 aliphatic heterocycles. The van der Waals surface area contributed by atoms with Crippen LogP contribution in [0.3, 0.4) is 0 Å². The van der Waals surface area contributed by atoms with Crippen LogP contribution >= 0.6 is 0 Å². The van der Waals surface area contributed by atoms with Crippen molar-refractivity contribution in [1.82, 2.24) is 14.8 Å². The summed E-state index contributed by atoms with van der Waals surface area (Å²) in [6.45, 7) is 6.15. The molecule has 6 heteroatoms. The smallest absolute Gasteiger partial charge is 0.252 e. The average molecular weight is 427 g/mol.